The van der Waals surface area contributed by atoms with Crippen molar-refractivity contribution in [2.45, 2.75) is 136 Å². The van der Waals surface area contributed by atoms with Crippen LogP contribution in [0.25, 0.3) is 0 Å². The normalized spacial score (nSPS) is 12.8. The number of ether oxygens (including phenoxy) is 2. The van der Waals surface area contributed by atoms with Crippen LogP contribution >= 0.6 is 0 Å². The molecule has 0 radical (unpaired) electrons. The second kappa shape index (κ2) is 29.8. The van der Waals surface area contributed by atoms with Crippen LogP contribution in [-0.4, -0.2) is 54.4 Å². The van der Waals surface area contributed by atoms with E-state index in [9.17, 15) is 27.4 Å². The zero-order chi connectivity index (χ0) is 29.4. The van der Waals surface area contributed by atoms with E-state index in [4.69, 9.17) is 14.6 Å². The average molecular weight is 606 g/mol. The fourth-order valence-electron chi connectivity index (χ4n) is 3.69. The fraction of sp³-hybridized carbons (Fsp3) is 0.893. The average Bonchev–Trinajstić information content (AvgIpc) is 2.86. The molecule has 3 atom stereocenters. The molecule has 0 heterocycles. The first-order valence-corrected chi connectivity index (χ1v) is 15.9. The molecule has 12 heteroatoms. The molecule has 10 nitrogen and oxygen atoms in total. The molecule has 0 aromatic heterocycles. The van der Waals surface area contributed by atoms with Crippen LogP contribution in [0.15, 0.2) is 0 Å². The Morgan fingerprint density at radius 2 is 1.20 bits per heavy atom. The van der Waals surface area contributed by atoms with Gasteiger partial charge in [-0.25, -0.2) is 8.42 Å². The van der Waals surface area contributed by atoms with Gasteiger partial charge in [-0.2, -0.15) is 0 Å². The van der Waals surface area contributed by atoms with Crippen molar-refractivity contribution in [3.8, 4) is 0 Å². The maximum Gasteiger partial charge on any atom is 1.00 e. The maximum absolute atomic E-state index is 12.1. The zero-order valence-corrected chi connectivity index (χ0v) is 28.9. The number of carbonyl (C=O) groups is 3. The first kappa shape index (κ1) is 46.2. The third-order valence-corrected chi connectivity index (χ3v) is 7.54. The Balaban J connectivity index is -0.000000459. The van der Waals surface area contributed by atoms with Gasteiger partial charge in [-0.05, 0) is 31.1 Å². The molecule has 0 spiro atoms. The molecule has 0 saturated carbocycles. The SMILES string of the molecule is CCCCC(CC)COC(=O)CC(C(=O)OCC(CC)CCCC)S(=O)(=O)[O-].CCCCCCCC(=O)O.N.[Na+]. The summed E-state index contributed by atoms with van der Waals surface area (Å²) in [6.07, 6.45) is 12.5. The third-order valence-electron chi connectivity index (χ3n) is 6.49. The summed E-state index contributed by atoms with van der Waals surface area (Å²) in [5, 5.41) is 6.21. The Kier molecular flexibility index (Phi) is 34.4. The van der Waals surface area contributed by atoms with Gasteiger partial charge in [0.15, 0.2) is 5.25 Å². The summed E-state index contributed by atoms with van der Waals surface area (Å²) in [5.41, 5.74) is 0. The molecule has 234 valence electrons. The van der Waals surface area contributed by atoms with Gasteiger partial charge in [-0.15, -0.1) is 0 Å². The summed E-state index contributed by atoms with van der Waals surface area (Å²) in [6, 6.07) is 0. The van der Waals surface area contributed by atoms with Gasteiger partial charge in [-0.3, -0.25) is 14.4 Å². The van der Waals surface area contributed by atoms with E-state index in [1.807, 2.05) is 13.8 Å². The van der Waals surface area contributed by atoms with Crippen LogP contribution in [0.5, 0.6) is 0 Å². The second-order valence-corrected chi connectivity index (χ2v) is 11.4. The molecule has 0 aliphatic heterocycles. The molecule has 0 fully saturated rings. The van der Waals surface area contributed by atoms with Crippen molar-refractivity contribution < 1.29 is 71.5 Å². The van der Waals surface area contributed by atoms with Crippen molar-refractivity contribution >= 4 is 28.0 Å². The summed E-state index contributed by atoms with van der Waals surface area (Å²) < 4.78 is 44.6. The van der Waals surface area contributed by atoms with Crippen molar-refractivity contribution in [3.05, 3.63) is 0 Å². The van der Waals surface area contributed by atoms with Crippen LogP contribution in [0.3, 0.4) is 0 Å². The molecule has 0 rings (SSSR count). The van der Waals surface area contributed by atoms with Crippen molar-refractivity contribution in [1.82, 2.24) is 6.15 Å². The summed E-state index contributed by atoms with van der Waals surface area (Å²) >= 11 is 0. The number of rotatable bonds is 22. The number of carboxylic acid groups (broad SMARTS) is 1. The van der Waals surface area contributed by atoms with Crippen LogP contribution < -0.4 is 35.7 Å². The predicted molar refractivity (Wildman–Crippen MR) is 153 cm³/mol. The molecule has 0 aliphatic rings. The van der Waals surface area contributed by atoms with Crippen LogP contribution in [0, 0.1) is 11.8 Å². The number of unbranched alkanes of at least 4 members (excludes halogenated alkanes) is 6. The van der Waals surface area contributed by atoms with Gasteiger partial charge in [0.25, 0.3) is 0 Å². The van der Waals surface area contributed by atoms with Gasteiger partial charge < -0.3 is 25.3 Å². The Bertz CT molecular complexity index is 735. The minimum absolute atomic E-state index is 0. The van der Waals surface area contributed by atoms with Crippen molar-refractivity contribution in [3.63, 3.8) is 0 Å². The topological polar surface area (TPSA) is 182 Å². The summed E-state index contributed by atoms with van der Waals surface area (Å²) in [6.45, 7) is 10.4. The molecule has 0 amide bonds. The molecular formula is C28H56NNaO9S. The smallest absolute Gasteiger partial charge is 0.747 e. The van der Waals surface area contributed by atoms with Gasteiger partial charge in [0.05, 0.1) is 19.6 Å². The molecule has 40 heavy (non-hydrogen) atoms. The number of hydrogen-bond acceptors (Lipinski definition) is 9. The van der Waals surface area contributed by atoms with Crippen LogP contribution in [0.2, 0.25) is 0 Å². The number of hydrogen-bond donors (Lipinski definition) is 2. The monoisotopic (exact) mass is 605 g/mol. The maximum atomic E-state index is 12.1. The number of carboxylic acids is 1. The van der Waals surface area contributed by atoms with Gasteiger partial charge in [-0.1, -0.05) is 98.8 Å². The zero-order valence-electron chi connectivity index (χ0n) is 26.1. The minimum Gasteiger partial charge on any atom is -0.747 e. The van der Waals surface area contributed by atoms with E-state index in [-0.39, 0.29) is 60.8 Å². The first-order chi connectivity index (χ1) is 18.0. The summed E-state index contributed by atoms with van der Waals surface area (Å²) in [5.74, 6) is -2.41. The van der Waals surface area contributed by atoms with Crippen molar-refractivity contribution in [1.29, 1.82) is 0 Å². The Morgan fingerprint density at radius 3 is 1.60 bits per heavy atom. The number of carbonyl (C=O) groups excluding carboxylic acids is 2. The molecular weight excluding hydrogens is 549 g/mol. The van der Waals surface area contributed by atoms with Gasteiger partial charge >= 0.3 is 47.5 Å². The summed E-state index contributed by atoms with van der Waals surface area (Å²) in [4.78, 5) is 34.2. The standard InChI is InChI=1S/C20H38O7S.C8H16O2.H3N.Na/c1-5-9-11-16(7-3)14-26-19(21)13-18(28(23,24)25)20(22)27-15-17(8-4)12-10-6-2;1-2-3-4-5-6-7-8(9)10;;/h16-18H,5-15H2,1-4H3,(H,23,24,25);2-7H2,1H3,(H,9,10);1H3;/q;;;+1/p-1. The molecule has 0 saturated heterocycles. The first-order valence-electron chi connectivity index (χ1n) is 14.4. The van der Waals surface area contributed by atoms with Gasteiger partial charge in [0.1, 0.15) is 10.1 Å². The van der Waals surface area contributed by atoms with E-state index in [0.717, 1.165) is 64.2 Å². The van der Waals surface area contributed by atoms with Crippen molar-refractivity contribution in [2.24, 2.45) is 11.8 Å². The number of esters is 2. The molecule has 0 aromatic carbocycles. The molecule has 3 unspecified atom stereocenters. The Hall–Kier alpha value is -0.720. The Labute approximate surface area is 265 Å². The van der Waals surface area contributed by atoms with E-state index in [1.165, 1.54) is 19.3 Å². The van der Waals surface area contributed by atoms with E-state index in [2.05, 4.69) is 20.8 Å². The summed E-state index contributed by atoms with van der Waals surface area (Å²) in [7, 11) is -5.01. The molecule has 0 aromatic rings. The van der Waals surface area contributed by atoms with Crippen molar-refractivity contribution in [2.75, 3.05) is 13.2 Å². The molecule has 4 N–H and O–H groups in total. The Morgan fingerprint density at radius 1 is 0.750 bits per heavy atom. The van der Waals surface area contributed by atoms with E-state index in [0.29, 0.717) is 6.42 Å². The quantitative estimate of drug-likeness (QED) is 0.0803. The van der Waals surface area contributed by atoms with E-state index < -0.39 is 39.7 Å². The molecule has 0 aliphatic carbocycles. The minimum atomic E-state index is -5.01. The van der Waals surface area contributed by atoms with E-state index >= 15 is 0 Å². The fourth-order valence-corrected chi connectivity index (χ4v) is 4.34. The predicted octanol–water partition coefficient (Wildman–Crippen LogP) is 3.41. The van der Waals surface area contributed by atoms with Crippen LogP contribution in [0.4, 0.5) is 0 Å². The third kappa shape index (κ3) is 27.4. The van der Waals surface area contributed by atoms with Gasteiger partial charge in [0, 0.05) is 6.42 Å². The van der Waals surface area contributed by atoms with Gasteiger partial charge in [0.2, 0.25) is 0 Å². The van der Waals surface area contributed by atoms with Crippen LogP contribution in [-0.2, 0) is 34.0 Å². The molecule has 0 bridgehead atoms. The second-order valence-electron chi connectivity index (χ2n) is 9.89. The van der Waals surface area contributed by atoms with E-state index in [1.54, 1.807) is 0 Å². The largest absolute Gasteiger partial charge is 1.00 e. The number of aliphatic carboxylic acids is 1. The van der Waals surface area contributed by atoms with Crippen LogP contribution in [0.1, 0.15) is 131 Å².